The van der Waals surface area contributed by atoms with Crippen LogP contribution >= 0.6 is 0 Å². The Kier molecular flexibility index (Phi) is 4.62. The Hall–Kier alpha value is -2.00. The molecule has 29 heavy (non-hydrogen) atoms. The van der Waals surface area contributed by atoms with E-state index in [0.29, 0.717) is 25.7 Å². The molecule has 3 atom stereocenters. The number of rotatable bonds is 3. The van der Waals surface area contributed by atoms with Crippen molar-refractivity contribution in [2.24, 2.45) is 4.99 Å². The molecule has 1 saturated heterocycles. The zero-order chi connectivity index (χ0) is 20.1. The Morgan fingerprint density at radius 1 is 1.21 bits per heavy atom. The molecule has 3 heterocycles. The van der Waals surface area contributed by atoms with Crippen molar-refractivity contribution < 1.29 is 29.2 Å². The van der Waals surface area contributed by atoms with E-state index in [2.05, 4.69) is 23.2 Å². The van der Waals surface area contributed by atoms with Gasteiger partial charge in [0.05, 0.1) is 37.6 Å². The van der Waals surface area contributed by atoms with E-state index in [0.717, 1.165) is 12.8 Å². The summed E-state index contributed by atoms with van der Waals surface area (Å²) >= 11 is 0. The van der Waals surface area contributed by atoms with Crippen LogP contribution in [0.2, 0.25) is 0 Å². The molecule has 4 aliphatic rings. The third-order valence-electron chi connectivity index (χ3n) is 6.65. The predicted molar refractivity (Wildman–Crippen MR) is 102 cm³/mol. The van der Waals surface area contributed by atoms with E-state index in [1.807, 2.05) is 11.0 Å². The summed E-state index contributed by atoms with van der Waals surface area (Å²) in [4.78, 5) is 18.8. The topological polar surface area (TPSA) is 101 Å². The number of amides is 1. The van der Waals surface area contributed by atoms with E-state index in [9.17, 15) is 9.90 Å². The van der Waals surface area contributed by atoms with E-state index in [1.165, 1.54) is 11.1 Å². The van der Waals surface area contributed by atoms with Crippen LogP contribution < -0.4 is 0 Å². The van der Waals surface area contributed by atoms with Crippen LogP contribution in [0, 0.1) is 0 Å². The number of aliphatic imine (C=N–C) groups is 1. The molecule has 0 aromatic heterocycles. The molecular weight excluding hydrogens is 376 g/mol. The third-order valence-corrected chi connectivity index (χ3v) is 6.65. The normalized spacial score (nSPS) is 32.7. The Bertz CT molecular complexity index is 834. The van der Waals surface area contributed by atoms with Gasteiger partial charge >= 0.3 is 0 Å². The van der Waals surface area contributed by atoms with Gasteiger partial charge in [0, 0.05) is 25.9 Å². The van der Waals surface area contributed by atoms with Crippen molar-refractivity contribution >= 4 is 11.9 Å². The van der Waals surface area contributed by atoms with E-state index < -0.39 is 17.8 Å². The van der Waals surface area contributed by atoms with Crippen LogP contribution in [0.4, 0.5) is 0 Å². The van der Waals surface area contributed by atoms with Gasteiger partial charge in [-0.2, -0.15) is 4.99 Å². The zero-order valence-electron chi connectivity index (χ0n) is 16.2. The summed E-state index contributed by atoms with van der Waals surface area (Å²) < 4.78 is 17.7. The number of piperidine rings is 1. The highest BCUT2D eigenvalue weighted by molar-refractivity contribution is 6.01. The smallest absolute Gasteiger partial charge is 0.296 e. The first-order chi connectivity index (χ1) is 14.1. The molecule has 5 rings (SSSR count). The number of nitrogens with zero attached hydrogens (tertiary/aromatic N) is 2. The highest BCUT2D eigenvalue weighted by Crippen LogP contribution is 2.45. The lowest BCUT2D eigenvalue weighted by Crippen LogP contribution is -2.46. The molecule has 1 aromatic rings. The van der Waals surface area contributed by atoms with Crippen LogP contribution in [-0.4, -0.2) is 71.2 Å². The number of aliphatic hydroxyl groups excluding tert-OH is 2. The molecule has 1 amide bonds. The first kappa shape index (κ1) is 19.0. The molecule has 156 valence electrons. The molecule has 1 aliphatic carbocycles. The summed E-state index contributed by atoms with van der Waals surface area (Å²) in [6.45, 7) is 2.00. The van der Waals surface area contributed by atoms with Crippen molar-refractivity contribution in [1.82, 2.24) is 4.90 Å². The lowest BCUT2D eigenvalue weighted by Gasteiger charge is -2.39. The molecule has 2 fully saturated rings. The maximum Gasteiger partial charge on any atom is 0.296 e. The van der Waals surface area contributed by atoms with Gasteiger partial charge in [0.1, 0.15) is 0 Å². The van der Waals surface area contributed by atoms with Crippen molar-refractivity contribution in [2.45, 2.75) is 55.7 Å². The Morgan fingerprint density at radius 3 is 2.79 bits per heavy atom. The molecular formula is C21H26N2O6. The molecule has 1 saturated carbocycles. The summed E-state index contributed by atoms with van der Waals surface area (Å²) in [5.74, 6) is -0.357. The average Bonchev–Trinajstić information content (AvgIpc) is 3.36. The van der Waals surface area contributed by atoms with Crippen LogP contribution in [0.5, 0.6) is 0 Å². The predicted octanol–water partition coefficient (Wildman–Crippen LogP) is 0.692. The first-order valence-electron chi connectivity index (χ1n) is 10.3. The number of carbonyl (C=O) groups excluding carboxylic acids is 1. The lowest BCUT2D eigenvalue weighted by atomic mass is 9.84. The third kappa shape index (κ3) is 3.06. The second kappa shape index (κ2) is 7.05. The van der Waals surface area contributed by atoms with Crippen LogP contribution in [0.15, 0.2) is 29.3 Å². The second-order valence-electron chi connectivity index (χ2n) is 8.33. The highest BCUT2D eigenvalue weighted by atomic mass is 16.6. The monoisotopic (exact) mass is 402 g/mol. The van der Waals surface area contributed by atoms with Crippen LogP contribution in [0.3, 0.4) is 0 Å². The largest absolute Gasteiger partial charge is 0.448 e. The van der Waals surface area contributed by atoms with Gasteiger partial charge in [-0.15, -0.1) is 0 Å². The molecule has 0 bridgehead atoms. The Balaban J connectivity index is 1.25. The first-order valence-corrected chi connectivity index (χ1v) is 10.3. The summed E-state index contributed by atoms with van der Waals surface area (Å²) in [5.41, 5.74) is 1.10. The van der Waals surface area contributed by atoms with Crippen LogP contribution in [-0.2, 0) is 31.2 Å². The van der Waals surface area contributed by atoms with Gasteiger partial charge in [-0.3, -0.25) is 4.79 Å². The minimum atomic E-state index is -1.15. The molecule has 3 aliphatic heterocycles. The molecule has 8 heteroatoms. The van der Waals surface area contributed by atoms with E-state index in [-0.39, 0.29) is 37.6 Å². The van der Waals surface area contributed by atoms with Crippen molar-refractivity contribution in [3.05, 3.63) is 35.4 Å². The van der Waals surface area contributed by atoms with Gasteiger partial charge in [-0.05, 0) is 24.0 Å². The minimum Gasteiger partial charge on any atom is -0.448 e. The fourth-order valence-corrected chi connectivity index (χ4v) is 5.07. The fraction of sp³-hybridized carbons (Fsp3) is 0.619. The maximum absolute atomic E-state index is 12.6. The number of hydrogen-bond donors (Lipinski definition) is 2. The number of likely N-dealkylation sites (tertiary alicyclic amines) is 1. The van der Waals surface area contributed by atoms with Gasteiger partial charge in [-0.1, -0.05) is 24.3 Å². The summed E-state index contributed by atoms with van der Waals surface area (Å²) in [6, 6.07) is 8.69. The SMILES string of the molecule is O=C1N=C(N2CCC3(CC2)OCc2ccccc23)OC12CC(O)C(OCCO)C2. The van der Waals surface area contributed by atoms with E-state index in [1.54, 1.807) is 0 Å². The van der Waals surface area contributed by atoms with E-state index >= 15 is 0 Å². The maximum atomic E-state index is 12.6. The molecule has 2 spiro atoms. The number of ether oxygens (including phenoxy) is 3. The van der Waals surface area contributed by atoms with Crippen LogP contribution in [0.1, 0.15) is 36.8 Å². The van der Waals surface area contributed by atoms with Crippen molar-refractivity contribution in [3.63, 3.8) is 0 Å². The van der Waals surface area contributed by atoms with Gasteiger partial charge in [0.2, 0.25) is 0 Å². The van der Waals surface area contributed by atoms with Crippen LogP contribution in [0.25, 0.3) is 0 Å². The standard InChI is InChI=1S/C21H26N2O6/c24-9-10-27-17-12-21(11-16(17)25)18(26)22-19(29-21)23-7-5-20(6-8-23)15-4-2-1-3-14(15)13-28-20/h1-4,16-17,24-25H,5-13H2. The van der Waals surface area contributed by atoms with Crippen molar-refractivity contribution in [1.29, 1.82) is 0 Å². The quantitative estimate of drug-likeness (QED) is 0.767. The molecule has 1 aromatic carbocycles. The Labute approximate surface area is 169 Å². The molecule has 2 N–H and O–H groups in total. The minimum absolute atomic E-state index is 0.120. The number of amidine groups is 1. The highest BCUT2D eigenvalue weighted by Gasteiger charge is 2.57. The van der Waals surface area contributed by atoms with Crippen molar-refractivity contribution in [2.75, 3.05) is 26.3 Å². The number of fused-ring (bicyclic) bond motifs is 2. The fourth-order valence-electron chi connectivity index (χ4n) is 5.07. The van der Waals surface area contributed by atoms with Gasteiger partial charge in [-0.25, -0.2) is 0 Å². The Morgan fingerprint density at radius 2 is 2.00 bits per heavy atom. The molecule has 8 nitrogen and oxygen atoms in total. The lowest BCUT2D eigenvalue weighted by molar-refractivity contribution is -0.131. The summed E-state index contributed by atoms with van der Waals surface area (Å²) in [5, 5.41) is 19.2. The average molecular weight is 402 g/mol. The summed E-state index contributed by atoms with van der Waals surface area (Å²) in [6.07, 6.45) is 0.663. The second-order valence-corrected chi connectivity index (χ2v) is 8.33. The van der Waals surface area contributed by atoms with Crippen molar-refractivity contribution in [3.8, 4) is 0 Å². The number of aliphatic hydroxyl groups is 2. The molecule has 3 unspecified atom stereocenters. The summed E-state index contributed by atoms with van der Waals surface area (Å²) in [7, 11) is 0. The van der Waals surface area contributed by atoms with Gasteiger partial charge in [0.15, 0.2) is 5.60 Å². The number of benzene rings is 1. The van der Waals surface area contributed by atoms with E-state index in [4.69, 9.17) is 19.3 Å². The number of carbonyl (C=O) groups is 1. The van der Waals surface area contributed by atoms with Gasteiger partial charge in [0.25, 0.3) is 11.9 Å². The molecule has 0 radical (unpaired) electrons. The van der Waals surface area contributed by atoms with Gasteiger partial charge < -0.3 is 29.3 Å². The number of hydrogen-bond acceptors (Lipinski definition) is 7. The zero-order valence-corrected chi connectivity index (χ0v) is 16.2.